The number of nitrogens with zero attached hydrogens (tertiary/aromatic N) is 1. The van der Waals surface area contributed by atoms with Gasteiger partial charge in [0.25, 0.3) is 0 Å². The predicted molar refractivity (Wildman–Crippen MR) is 50.9 cm³/mol. The van der Waals surface area contributed by atoms with E-state index in [1.165, 1.54) is 0 Å². The van der Waals surface area contributed by atoms with Crippen molar-refractivity contribution in [2.24, 2.45) is 0 Å². The quantitative estimate of drug-likeness (QED) is 0.487. The van der Waals surface area contributed by atoms with Gasteiger partial charge in [-0.2, -0.15) is 13.2 Å². The molecule has 0 unspecified atom stereocenters. The molecule has 1 aromatic heterocycles. The van der Waals surface area contributed by atoms with Gasteiger partial charge >= 0.3 is 12.5 Å². The first-order chi connectivity index (χ1) is 8.58. The average molecular weight is 308 g/mol. The molecule has 0 aliphatic carbocycles. The number of rotatable bonds is 3. The van der Waals surface area contributed by atoms with E-state index in [9.17, 15) is 31.1 Å². The Balaban J connectivity index is 3.43. The van der Waals surface area contributed by atoms with Crippen LogP contribution in [0.1, 0.15) is 21.6 Å². The van der Waals surface area contributed by atoms with E-state index in [0.29, 0.717) is 6.07 Å². The van der Waals surface area contributed by atoms with Gasteiger partial charge in [0.2, 0.25) is 5.88 Å². The van der Waals surface area contributed by atoms with Crippen LogP contribution >= 0.6 is 11.6 Å². The van der Waals surface area contributed by atoms with Crippen molar-refractivity contribution in [3.63, 3.8) is 0 Å². The van der Waals surface area contributed by atoms with Gasteiger partial charge in [-0.3, -0.25) is 4.79 Å². The summed E-state index contributed by atoms with van der Waals surface area (Å²) in [4.78, 5) is 13.2. The van der Waals surface area contributed by atoms with E-state index in [1.807, 2.05) is 0 Å². The van der Waals surface area contributed by atoms with Crippen LogP contribution in [0.2, 0.25) is 0 Å². The molecule has 0 aliphatic rings. The zero-order chi connectivity index (χ0) is 14.8. The van der Waals surface area contributed by atoms with E-state index in [1.54, 1.807) is 0 Å². The third-order valence-electron chi connectivity index (χ3n) is 1.87. The molecule has 0 aromatic carbocycles. The lowest BCUT2D eigenvalue weighted by molar-refractivity contribution is -0.276. The molecule has 0 radical (unpaired) electrons. The molecule has 0 saturated carbocycles. The van der Waals surface area contributed by atoms with Crippen LogP contribution in [0, 0.1) is 0 Å². The number of aromatic nitrogens is 1. The lowest BCUT2D eigenvalue weighted by Crippen LogP contribution is -2.21. The van der Waals surface area contributed by atoms with Crippen LogP contribution in [0.4, 0.5) is 26.3 Å². The SMILES string of the molecule is O=Cc1c(CCl)cc(OC(F)(F)F)nc1C(F)(F)F. The van der Waals surface area contributed by atoms with Crippen molar-refractivity contribution in [2.75, 3.05) is 0 Å². The minimum Gasteiger partial charge on any atom is -0.388 e. The highest BCUT2D eigenvalue weighted by molar-refractivity contribution is 6.17. The minimum atomic E-state index is -5.21. The summed E-state index contributed by atoms with van der Waals surface area (Å²) in [6.07, 6.45) is -10.5. The number of halogens is 7. The highest BCUT2D eigenvalue weighted by atomic mass is 35.5. The maximum Gasteiger partial charge on any atom is 0.574 e. The molecule has 0 fully saturated rings. The summed E-state index contributed by atoms with van der Waals surface area (Å²) < 4.78 is 76.8. The van der Waals surface area contributed by atoms with E-state index >= 15 is 0 Å². The first-order valence-electron chi connectivity index (χ1n) is 4.46. The fourth-order valence-electron chi connectivity index (χ4n) is 1.21. The molecule has 10 heteroatoms. The van der Waals surface area contributed by atoms with Crippen molar-refractivity contribution in [1.29, 1.82) is 0 Å². The zero-order valence-corrected chi connectivity index (χ0v) is 9.53. The molecule has 1 rings (SSSR count). The minimum absolute atomic E-state index is 0.176. The largest absolute Gasteiger partial charge is 0.574 e. The number of hydrogen-bond acceptors (Lipinski definition) is 3. The Hall–Kier alpha value is -1.51. The van der Waals surface area contributed by atoms with Crippen molar-refractivity contribution >= 4 is 17.9 Å². The second kappa shape index (κ2) is 5.24. The maximum atomic E-state index is 12.6. The molecule has 0 saturated heterocycles. The van der Waals surface area contributed by atoms with Gasteiger partial charge in [-0.05, 0) is 5.56 Å². The zero-order valence-electron chi connectivity index (χ0n) is 8.77. The molecule has 106 valence electrons. The lowest BCUT2D eigenvalue weighted by Gasteiger charge is -2.14. The summed E-state index contributed by atoms with van der Waals surface area (Å²) in [5.74, 6) is -1.94. The molecule has 0 bridgehead atoms. The fourth-order valence-corrected chi connectivity index (χ4v) is 1.43. The Morgan fingerprint density at radius 3 is 2.21 bits per heavy atom. The Kier molecular flexibility index (Phi) is 4.28. The van der Waals surface area contributed by atoms with Crippen LogP contribution in [0.25, 0.3) is 0 Å². The molecule has 0 atom stereocenters. The van der Waals surface area contributed by atoms with Crippen LogP contribution in [0.5, 0.6) is 5.88 Å². The van der Waals surface area contributed by atoms with Gasteiger partial charge in [0.1, 0.15) is 0 Å². The summed E-state index contributed by atoms with van der Waals surface area (Å²) in [6, 6.07) is 0.527. The summed E-state index contributed by atoms with van der Waals surface area (Å²) >= 11 is 5.29. The van der Waals surface area contributed by atoms with E-state index < -0.39 is 41.1 Å². The van der Waals surface area contributed by atoms with E-state index in [2.05, 4.69) is 9.72 Å². The molecular weight excluding hydrogens is 304 g/mol. The Labute approximate surface area is 107 Å². The Morgan fingerprint density at radius 1 is 1.26 bits per heavy atom. The number of carbonyl (C=O) groups excluding carboxylic acids is 1. The molecule has 0 spiro atoms. The van der Waals surface area contributed by atoms with Gasteiger partial charge < -0.3 is 4.74 Å². The summed E-state index contributed by atoms with van der Waals surface area (Å²) in [7, 11) is 0. The molecule has 1 aromatic rings. The molecular formula is C9H4ClF6NO2. The van der Waals surface area contributed by atoms with Crippen LogP contribution in [0.15, 0.2) is 6.07 Å². The number of carbonyl (C=O) groups is 1. The van der Waals surface area contributed by atoms with Crippen LogP contribution in [0.3, 0.4) is 0 Å². The number of ether oxygens (including phenoxy) is 1. The van der Waals surface area contributed by atoms with Crippen LogP contribution < -0.4 is 4.74 Å². The summed E-state index contributed by atoms with van der Waals surface area (Å²) in [5.41, 5.74) is -3.16. The normalized spacial score (nSPS) is 12.4. The third-order valence-corrected chi connectivity index (χ3v) is 2.16. The molecule has 19 heavy (non-hydrogen) atoms. The van der Waals surface area contributed by atoms with Crippen molar-refractivity contribution in [3.8, 4) is 5.88 Å². The second-order valence-electron chi connectivity index (χ2n) is 3.18. The van der Waals surface area contributed by atoms with Gasteiger partial charge in [0, 0.05) is 17.5 Å². The predicted octanol–water partition coefficient (Wildman–Crippen LogP) is 3.55. The van der Waals surface area contributed by atoms with Gasteiger partial charge in [-0.1, -0.05) is 0 Å². The number of hydrogen-bond donors (Lipinski definition) is 0. The smallest absolute Gasteiger partial charge is 0.388 e. The second-order valence-corrected chi connectivity index (χ2v) is 3.45. The van der Waals surface area contributed by atoms with Gasteiger partial charge in [0.15, 0.2) is 12.0 Å². The van der Waals surface area contributed by atoms with Crippen LogP contribution in [-0.2, 0) is 12.1 Å². The summed E-state index contributed by atoms with van der Waals surface area (Å²) in [5, 5.41) is 0. The summed E-state index contributed by atoms with van der Waals surface area (Å²) in [6.45, 7) is 0. The van der Waals surface area contributed by atoms with E-state index in [4.69, 9.17) is 11.6 Å². The standard InChI is InChI=1S/C9H4ClF6NO2/c10-2-4-1-6(19-9(14,15)16)17-7(5(4)3-18)8(11,12)13/h1,3H,2H2. The molecule has 0 amide bonds. The van der Waals surface area contributed by atoms with Gasteiger partial charge in [0.05, 0.1) is 0 Å². The van der Waals surface area contributed by atoms with Crippen molar-refractivity contribution in [2.45, 2.75) is 18.4 Å². The molecule has 0 N–H and O–H groups in total. The monoisotopic (exact) mass is 307 g/mol. The maximum absolute atomic E-state index is 12.6. The van der Waals surface area contributed by atoms with Crippen LogP contribution in [-0.4, -0.2) is 17.6 Å². The van der Waals surface area contributed by atoms with E-state index in [-0.39, 0.29) is 6.29 Å². The molecule has 1 heterocycles. The average Bonchev–Trinajstić information content (AvgIpc) is 2.24. The topological polar surface area (TPSA) is 39.2 Å². The molecule has 3 nitrogen and oxygen atoms in total. The first kappa shape index (κ1) is 15.5. The van der Waals surface area contributed by atoms with Crippen molar-refractivity contribution in [1.82, 2.24) is 4.98 Å². The fraction of sp³-hybridized carbons (Fsp3) is 0.333. The number of aldehydes is 1. The highest BCUT2D eigenvalue weighted by Crippen LogP contribution is 2.34. The molecule has 0 aliphatic heterocycles. The van der Waals surface area contributed by atoms with Crippen molar-refractivity contribution in [3.05, 3.63) is 22.9 Å². The number of pyridine rings is 1. The van der Waals surface area contributed by atoms with Gasteiger partial charge in [-0.25, -0.2) is 4.98 Å². The first-order valence-corrected chi connectivity index (χ1v) is 5.00. The highest BCUT2D eigenvalue weighted by Gasteiger charge is 2.39. The lowest BCUT2D eigenvalue weighted by atomic mass is 10.1. The van der Waals surface area contributed by atoms with Crippen molar-refractivity contribution < 1.29 is 35.9 Å². The van der Waals surface area contributed by atoms with Gasteiger partial charge in [-0.15, -0.1) is 24.8 Å². The van der Waals surface area contributed by atoms with E-state index in [0.717, 1.165) is 0 Å². The Morgan fingerprint density at radius 2 is 1.84 bits per heavy atom. The third kappa shape index (κ3) is 3.98. The number of alkyl halides is 7. The Bertz CT molecular complexity index is 485.